The SMILES string of the molecule is C=C(/C=C\C(=C/C)c1cnn(C2CC2)c1)[C@@]1(CC(C)(C)C)NC(=N)N([C@H](COC(=O)N2CC(F)(F)C2)c2ccc(Cl)c(-c3ncn[nH]3)c2)C1=O. The molecular weight excluding hydrogens is 668 g/mol. The number of alkyl halides is 2. The van der Waals surface area contributed by atoms with Gasteiger partial charge in [-0.3, -0.25) is 29.8 Å². The second kappa shape index (κ2) is 13.1. The van der Waals surface area contributed by atoms with Gasteiger partial charge in [0.1, 0.15) is 18.5 Å². The van der Waals surface area contributed by atoms with Crippen LogP contribution in [0, 0.1) is 10.8 Å². The van der Waals surface area contributed by atoms with Gasteiger partial charge in [-0.25, -0.2) is 18.6 Å². The van der Waals surface area contributed by atoms with Gasteiger partial charge >= 0.3 is 6.09 Å². The first-order chi connectivity index (χ1) is 23.6. The number of ether oxygens (including phenoxy) is 1. The van der Waals surface area contributed by atoms with Crippen LogP contribution in [-0.2, 0) is 9.53 Å². The average molecular weight is 708 g/mol. The highest BCUT2D eigenvalue weighted by atomic mass is 35.5. The third-order valence-corrected chi connectivity index (χ3v) is 9.29. The van der Waals surface area contributed by atoms with Gasteiger partial charge in [0.15, 0.2) is 11.8 Å². The summed E-state index contributed by atoms with van der Waals surface area (Å²) in [4.78, 5) is 34.0. The molecule has 3 aromatic rings. The van der Waals surface area contributed by atoms with E-state index in [9.17, 15) is 18.4 Å². The number of likely N-dealkylation sites (tertiary alicyclic amines) is 1. The molecule has 0 unspecified atom stereocenters. The molecule has 2 saturated heterocycles. The van der Waals surface area contributed by atoms with Crippen LogP contribution in [0.5, 0.6) is 0 Å². The molecule has 2 aromatic heterocycles. The molecule has 12 nitrogen and oxygen atoms in total. The van der Waals surface area contributed by atoms with E-state index in [0.717, 1.165) is 28.9 Å². The number of aromatic amines is 1. The Hall–Kier alpha value is -4.85. The number of carbonyl (C=O) groups is 2. The van der Waals surface area contributed by atoms with E-state index in [1.165, 1.54) is 11.2 Å². The van der Waals surface area contributed by atoms with Gasteiger partial charge in [0.2, 0.25) is 0 Å². The number of hydrogen-bond donors (Lipinski definition) is 3. The number of nitrogens with one attached hydrogen (secondary N) is 3. The molecule has 3 fully saturated rings. The zero-order valence-corrected chi connectivity index (χ0v) is 29.1. The van der Waals surface area contributed by atoms with Gasteiger partial charge in [-0.05, 0) is 60.4 Å². The Morgan fingerprint density at radius 2 is 2.00 bits per heavy atom. The summed E-state index contributed by atoms with van der Waals surface area (Å²) in [5.41, 5.74) is 1.32. The Labute approximate surface area is 293 Å². The number of nitrogens with zero attached hydrogens (tertiary/aromatic N) is 6. The summed E-state index contributed by atoms with van der Waals surface area (Å²) in [6.45, 7) is 10.3. The molecule has 4 heterocycles. The van der Waals surface area contributed by atoms with Gasteiger partial charge in [0.25, 0.3) is 11.8 Å². The number of halogens is 3. The number of H-pyrrole nitrogens is 1. The van der Waals surface area contributed by atoms with E-state index < -0.39 is 54.6 Å². The number of amides is 2. The maximum absolute atomic E-state index is 14.8. The molecule has 2 amide bonds. The Kier molecular flexibility index (Phi) is 9.18. The van der Waals surface area contributed by atoms with Crippen molar-refractivity contribution in [1.29, 1.82) is 5.41 Å². The van der Waals surface area contributed by atoms with Crippen LogP contribution >= 0.6 is 11.6 Å². The molecule has 50 heavy (non-hydrogen) atoms. The van der Waals surface area contributed by atoms with E-state index in [1.54, 1.807) is 24.3 Å². The molecule has 2 atom stereocenters. The Morgan fingerprint density at radius 1 is 1.26 bits per heavy atom. The summed E-state index contributed by atoms with van der Waals surface area (Å²) in [7, 11) is 0. The summed E-state index contributed by atoms with van der Waals surface area (Å²) in [5, 5.41) is 23.8. The highest BCUT2D eigenvalue weighted by Gasteiger charge is 2.55. The second-order valence-corrected chi connectivity index (χ2v) is 14.6. The van der Waals surface area contributed by atoms with Crippen molar-refractivity contribution < 1.29 is 23.1 Å². The van der Waals surface area contributed by atoms with E-state index in [0.29, 0.717) is 33.6 Å². The summed E-state index contributed by atoms with van der Waals surface area (Å²) in [6.07, 6.45) is 12.3. The molecule has 15 heteroatoms. The van der Waals surface area contributed by atoms with E-state index in [-0.39, 0.29) is 12.4 Å². The summed E-state index contributed by atoms with van der Waals surface area (Å²) >= 11 is 6.51. The lowest BCUT2D eigenvalue weighted by Gasteiger charge is -2.38. The van der Waals surface area contributed by atoms with Crippen molar-refractivity contribution in [3.05, 3.63) is 83.4 Å². The lowest BCUT2D eigenvalue weighted by molar-refractivity contribution is -0.133. The van der Waals surface area contributed by atoms with Gasteiger partial charge in [0, 0.05) is 17.3 Å². The number of benzene rings is 1. The molecule has 3 aliphatic rings. The molecule has 1 aliphatic carbocycles. The zero-order valence-electron chi connectivity index (χ0n) is 28.3. The number of rotatable bonds is 11. The zero-order chi connectivity index (χ0) is 36.0. The van der Waals surface area contributed by atoms with Crippen molar-refractivity contribution >= 4 is 35.1 Å². The number of aromatic nitrogens is 5. The molecule has 6 rings (SSSR count). The van der Waals surface area contributed by atoms with Crippen molar-refractivity contribution in [2.45, 2.75) is 70.5 Å². The van der Waals surface area contributed by atoms with Crippen LogP contribution in [-0.4, -0.2) is 83.9 Å². The van der Waals surface area contributed by atoms with Crippen LogP contribution in [0.4, 0.5) is 13.6 Å². The summed E-state index contributed by atoms with van der Waals surface area (Å²) in [6, 6.07) is 4.30. The van der Waals surface area contributed by atoms with Crippen molar-refractivity contribution in [1.82, 2.24) is 40.1 Å². The topological polar surface area (TPSA) is 145 Å². The molecular formula is C35H40ClF2N9O3. The fraction of sp³-hybridized carbons (Fsp3) is 0.429. The largest absolute Gasteiger partial charge is 0.447 e. The number of carbonyl (C=O) groups excluding carboxylic acids is 2. The lowest BCUT2D eigenvalue weighted by Crippen LogP contribution is -2.58. The van der Waals surface area contributed by atoms with Crippen molar-refractivity contribution in [2.75, 3.05) is 19.7 Å². The average Bonchev–Trinajstić information content (AvgIpc) is 3.41. The van der Waals surface area contributed by atoms with Gasteiger partial charge in [-0.1, -0.05) is 63.2 Å². The monoisotopic (exact) mass is 707 g/mol. The molecule has 0 bridgehead atoms. The van der Waals surface area contributed by atoms with Crippen molar-refractivity contribution in [2.24, 2.45) is 5.41 Å². The minimum atomic E-state index is -2.98. The highest BCUT2D eigenvalue weighted by molar-refractivity contribution is 6.33. The van der Waals surface area contributed by atoms with Crippen LogP contribution in [0.25, 0.3) is 17.0 Å². The first-order valence-corrected chi connectivity index (χ1v) is 16.7. The highest BCUT2D eigenvalue weighted by Crippen LogP contribution is 2.41. The van der Waals surface area contributed by atoms with E-state index in [1.807, 2.05) is 56.9 Å². The van der Waals surface area contributed by atoms with Crippen LogP contribution < -0.4 is 5.32 Å². The van der Waals surface area contributed by atoms with Crippen LogP contribution in [0.2, 0.25) is 5.02 Å². The van der Waals surface area contributed by atoms with Crippen LogP contribution in [0.1, 0.15) is 70.2 Å². The van der Waals surface area contributed by atoms with Crippen molar-refractivity contribution in [3.63, 3.8) is 0 Å². The van der Waals surface area contributed by atoms with E-state index >= 15 is 0 Å². The fourth-order valence-electron chi connectivity index (χ4n) is 6.35. The molecule has 264 valence electrons. The van der Waals surface area contributed by atoms with Crippen LogP contribution in [0.15, 0.2) is 67.3 Å². The number of allylic oxidation sites excluding steroid dienone is 3. The summed E-state index contributed by atoms with van der Waals surface area (Å²) < 4.78 is 34.6. The minimum absolute atomic E-state index is 0.238. The Bertz CT molecular complexity index is 1870. The first kappa shape index (κ1) is 35.0. The molecule has 0 radical (unpaired) electrons. The van der Waals surface area contributed by atoms with E-state index in [2.05, 4.69) is 32.2 Å². The van der Waals surface area contributed by atoms with Gasteiger partial charge in [0.05, 0.1) is 36.4 Å². The standard InChI is InChI=1S/C35H40ClF2N9O3/c1-6-22(24-14-42-46(15-24)25-10-11-25)8-7-21(2)35(17-33(3,4)5)30(48)47(31(39)43-35)28(16-50-32(49)45-18-34(37,38)19-45)23-9-12-27(36)26(13-23)29-40-20-41-44-29/h6-9,12-15,20,25,28H,2,10-11,16-19H2,1,3-5H3,(H2,39,43)(H,40,41,44)/b8-7-,22-6+/t28-,35-/m1/s1. The maximum atomic E-state index is 14.8. The molecule has 2 aliphatic heterocycles. The predicted octanol–water partition coefficient (Wildman–Crippen LogP) is 6.54. The number of guanidine groups is 1. The third kappa shape index (κ3) is 7.07. The normalized spacial score (nSPS) is 21.4. The van der Waals surface area contributed by atoms with Crippen LogP contribution in [0.3, 0.4) is 0 Å². The van der Waals surface area contributed by atoms with Gasteiger partial charge in [-0.15, -0.1) is 0 Å². The number of hydrogen-bond acceptors (Lipinski definition) is 7. The van der Waals surface area contributed by atoms with E-state index in [4.69, 9.17) is 21.7 Å². The van der Waals surface area contributed by atoms with Gasteiger partial charge < -0.3 is 10.1 Å². The predicted molar refractivity (Wildman–Crippen MR) is 184 cm³/mol. The Morgan fingerprint density at radius 3 is 2.62 bits per heavy atom. The lowest BCUT2D eigenvalue weighted by atomic mass is 9.75. The Balaban J connectivity index is 1.34. The maximum Gasteiger partial charge on any atom is 0.410 e. The molecule has 0 spiro atoms. The second-order valence-electron chi connectivity index (χ2n) is 14.2. The molecule has 3 N–H and O–H groups in total. The smallest absolute Gasteiger partial charge is 0.410 e. The third-order valence-electron chi connectivity index (χ3n) is 8.96. The fourth-order valence-corrected chi connectivity index (χ4v) is 6.56. The van der Waals surface area contributed by atoms with Crippen molar-refractivity contribution in [3.8, 4) is 11.4 Å². The molecule has 1 aromatic carbocycles. The summed E-state index contributed by atoms with van der Waals surface area (Å²) in [5.74, 6) is -3.34. The van der Waals surface area contributed by atoms with Gasteiger partial charge in [-0.2, -0.15) is 10.2 Å². The molecule has 1 saturated carbocycles. The first-order valence-electron chi connectivity index (χ1n) is 16.3. The quantitative estimate of drug-likeness (QED) is 0.192. The minimum Gasteiger partial charge on any atom is -0.447 e.